The SMILES string of the molecule is CCc1ccccc1N(CC(=O)N[C@H]1C[C@@H]2CC[C@H]1C2)S(C)(=O)=O. The van der Waals surface area contributed by atoms with E-state index in [1.165, 1.54) is 23.6 Å². The fraction of sp³-hybridized carbons (Fsp3) is 0.611. The lowest BCUT2D eigenvalue weighted by Crippen LogP contribution is -2.45. The predicted octanol–water partition coefficient (Wildman–Crippen LogP) is 2.32. The van der Waals surface area contributed by atoms with Crippen LogP contribution >= 0.6 is 0 Å². The van der Waals surface area contributed by atoms with Crippen LogP contribution in [0.25, 0.3) is 0 Å². The molecule has 0 saturated heterocycles. The Morgan fingerprint density at radius 1 is 1.25 bits per heavy atom. The molecule has 6 heteroatoms. The first-order chi connectivity index (χ1) is 11.4. The van der Waals surface area contributed by atoms with E-state index >= 15 is 0 Å². The molecule has 1 aromatic carbocycles. The van der Waals surface area contributed by atoms with E-state index in [4.69, 9.17) is 0 Å². The second kappa shape index (κ2) is 6.75. The van der Waals surface area contributed by atoms with Crippen molar-refractivity contribution in [2.24, 2.45) is 11.8 Å². The van der Waals surface area contributed by atoms with Crippen molar-refractivity contribution >= 4 is 21.6 Å². The maximum Gasteiger partial charge on any atom is 0.241 e. The first-order valence-corrected chi connectivity index (χ1v) is 10.6. The van der Waals surface area contributed by atoms with Crippen molar-refractivity contribution in [2.75, 3.05) is 17.1 Å². The Morgan fingerprint density at radius 2 is 2.00 bits per heavy atom. The van der Waals surface area contributed by atoms with Gasteiger partial charge in [-0.15, -0.1) is 0 Å². The van der Waals surface area contributed by atoms with E-state index < -0.39 is 10.0 Å². The normalized spacial score (nSPS) is 25.7. The van der Waals surface area contributed by atoms with Crippen LogP contribution in [0.15, 0.2) is 24.3 Å². The molecule has 2 saturated carbocycles. The van der Waals surface area contributed by atoms with Crippen LogP contribution in [0.4, 0.5) is 5.69 Å². The van der Waals surface area contributed by atoms with Gasteiger partial charge in [0.25, 0.3) is 0 Å². The third-order valence-corrected chi connectivity index (χ3v) is 6.54. The van der Waals surface area contributed by atoms with Crippen molar-refractivity contribution in [3.8, 4) is 0 Å². The lowest BCUT2D eigenvalue weighted by atomic mass is 9.95. The van der Waals surface area contributed by atoms with Crippen LogP contribution in [-0.2, 0) is 21.2 Å². The minimum atomic E-state index is -3.52. The van der Waals surface area contributed by atoms with E-state index in [1.54, 1.807) is 12.1 Å². The maximum absolute atomic E-state index is 12.5. The number of benzene rings is 1. The Hall–Kier alpha value is -1.56. The average Bonchev–Trinajstić information content (AvgIpc) is 3.14. The number of sulfonamides is 1. The minimum Gasteiger partial charge on any atom is -0.352 e. The van der Waals surface area contributed by atoms with Crippen molar-refractivity contribution in [1.82, 2.24) is 5.32 Å². The first kappa shape index (κ1) is 17.3. The zero-order chi connectivity index (χ0) is 17.3. The van der Waals surface area contributed by atoms with Crippen LogP contribution < -0.4 is 9.62 Å². The standard InChI is InChI=1S/C18H26N2O3S/c1-3-14-6-4-5-7-17(14)20(24(2,22)23)12-18(21)19-16-11-13-8-9-15(16)10-13/h4-7,13,15-16H,3,8-12H2,1-2H3,(H,19,21)/t13-,15+,16+/m1/s1. The first-order valence-electron chi connectivity index (χ1n) is 8.73. The Balaban J connectivity index is 1.74. The summed E-state index contributed by atoms with van der Waals surface area (Å²) in [6.45, 7) is 1.83. The molecule has 5 nitrogen and oxygen atoms in total. The van der Waals surface area contributed by atoms with Crippen LogP contribution in [0.2, 0.25) is 0 Å². The molecule has 2 aliphatic carbocycles. The topological polar surface area (TPSA) is 66.5 Å². The van der Waals surface area contributed by atoms with Gasteiger partial charge in [-0.3, -0.25) is 9.10 Å². The molecule has 0 aromatic heterocycles. The number of hydrogen-bond donors (Lipinski definition) is 1. The van der Waals surface area contributed by atoms with Gasteiger partial charge in [0.2, 0.25) is 15.9 Å². The number of para-hydroxylation sites is 1. The largest absolute Gasteiger partial charge is 0.352 e. The zero-order valence-corrected chi connectivity index (χ0v) is 15.2. The molecule has 1 amide bonds. The van der Waals surface area contributed by atoms with E-state index in [0.29, 0.717) is 11.6 Å². The highest BCUT2D eigenvalue weighted by Crippen LogP contribution is 2.44. The molecule has 1 aromatic rings. The molecular formula is C18H26N2O3S. The Morgan fingerprint density at radius 3 is 2.58 bits per heavy atom. The number of anilines is 1. The van der Waals surface area contributed by atoms with Gasteiger partial charge in [0.05, 0.1) is 11.9 Å². The number of carbonyl (C=O) groups excluding carboxylic acids is 1. The Kier molecular flexibility index (Phi) is 4.85. The summed E-state index contributed by atoms with van der Waals surface area (Å²) in [6.07, 6.45) is 6.58. The fourth-order valence-corrected chi connectivity index (χ4v) is 5.13. The maximum atomic E-state index is 12.5. The highest BCUT2D eigenvalue weighted by molar-refractivity contribution is 7.92. The van der Waals surface area contributed by atoms with Crippen LogP contribution in [-0.4, -0.2) is 33.2 Å². The number of nitrogens with one attached hydrogen (secondary N) is 1. The molecule has 2 aliphatic rings. The zero-order valence-electron chi connectivity index (χ0n) is 14.4. The summed E-state index contributed by atoms with van der Waals surface area (Å²) in [5.74, 6) is 1.12. The molecule has 2 bridgehead atoms. The number of amides is 1. The van der Waals surface area contributed by atoms with Crippen LogP contribution in [0.1, 0.15) is 38.2 Å². The van der Waals surface area contributed by atoms with Crippen LogP contribution in [0, 0.1) is 11.8 Å². The van der Waals surface area contributed by atoms with Crippen LogP contribution in [0.3, 0.4) is 0 Å². The average molecular weight is 350 g/mol. The molecule has 24 heavy (non-hydrogen) atoms. The second-order valence-electron chi connectivity index (χ2n) is 7.10. The third-order valence-electron chi connectivity index (χ3n) is 5.41. The fourth-order valence-electron chi connectivity index (χ4n) is 4.24. The summed E-state index contributed by atoms with van der Waals surface area (Å²) in [4.78, 5) is 12.5. The number of nitrogens with zero attached hydrogens (tertiary/aromatic N) is 1. The molecule has 0 heterocycles. The summed E-state index contributed by atoms with van der Waals surface area (Å²) in [7, 11) is -3.52. The number of fused-ring (bicyclic) bond motifs is 2. The highest BCUT2D eigenvalue weighted by atomic mass is 32.2. The van der Waals surface area contributed by atoms with Gasteiger partial charge in [0.1, 0.15) is 6.54 Å². The summed E-state index contributed by atoms with van der Waals surface area (Å²) in [5, 5.41) is 3.08. The van der Waals surface area contributed by atoms with Gasteiger partial charge in [0, 0.05) is 6.04 Å². The molecule has 3 atom stereocenters. The van der Waals surface area contributed by atoms with Crippen molar-refractivity contribution in [3.05, 3.63) is 29.8 Å². The molecule has 0 spiro atoms. The van der Waals surface area contributed by atoms with Gasteiger partial charge in [-0.25, -0.2) is 8.42 Å². The lowest BCUT2D eigenvalue weighted by Gasteiger charge is -2.27. The Bertz CT molecular complexity index is 717. The van der Waals surface area contributed by atoms with Crippen molar-refractivity contribution in [1.29, 1.82) is 0 Å². The smallest absolute Gasteiger partial charge is 0.241 e. The Labute approximate surface area is 144 Å². The number of hydrogen-bond acceptors (Lipinski definition) is 3. The number of aryl methyl sites for hydroxylation is 1. The predicted molar refractivity (Wildman–Crippen MR) is 95.4 cm³/mol. The van der Waals surface area contributed by atoms with Gasteiger partial charge in [0.15, 0.2) is 0 Å². The van der Waals surface area contributed by atoms with E-state index in [1.807, 2.05) is 19.1 Å². The summed E-state index contributed by atoms with van der Waals surface area (Å²) >= 11 is 0. The van der Waals surface area contributed by atoms with Crippen molar-refractivity contribution in [3.63, 3.8) is 0 Å². The summed E-state index contributed by atoms with van der Waals surface area (Å²) < 4.78 is 25.7. The van der Waals surface area contributed by atoms with Crippen molar-refractivity contribution in [2.45, 2.75) is 45.1 Å². The minimum absolute atomic E-state index is 0.149. The van der Waals surface area contributed by atoms with E-state index in [9.17, 15) is 13.2 Å². The van der Waals surface area contributed by atoms with Crippen LogP contribution in [0.5, 0.6) is 0 Å². The molecule has 2 fully saturated rings. The monoisotopic (exact) mass is 350 g/mol. The molecule has 1 N–H and O–H groups in total. The summed E-state index contributed by atoms with van der Waals surface area (Å²) in [6, 6.07) is 7.59. The van der Waals surface area contributed by atoms with E-state index in [2.05, 4.69) is 5.32 Å². The van der Waals surface area contributed by atoms with E-state index in [0.717, 1.165) is 30.6 Å². The van der Waals surface area contributed by atoms with Crippen molar-refractivity contribution < 1.29 is 13.2 Å². The van der Waals surface area contributed by atoms with Gasteiger partial charge in [-0.2, -0.15) is 0 Å². The number of carbonyl (C=O) groups is 1. The van der Waals surface area contributed by atoms with Gasteiger partial charge in [-0.05, 0) is 49.1 Å². The van der Waals surface area contributed by atoms with Gasteiger partial charge >= 0.3 is 0 Å². The van der Waals surface area contributed by atoms with Gasteiger partial charge < -0.3 is 5.32 Å². The number of rotatable bonds is 6. The summed E-state index contributed by atoms with van der Waals surface area (Å²) in [5.41, 5.74) is 1.53. The van der Waals surface area contributed by atoms with E-state index in [-0.39, 0.29) is 18.5 Å². The quantitative estimate of drug-likeness (QED) is 0.856. The molecular weight excluding hydrogens is 324 g/mol. The highest BCUT2D eigenvalue weighted by Gasteiger charge is 2.40. The molecule has 0 unspecified atom stereocenters. The van der Waals surface area contributed by atoms with Gasteiger partial charge in [-0.1, -0.05) is 31.5 Å². The molecule has 0 aliphatic heterocycles. The lowest BCUT2D eigenvalue weighted by molar-refractivity contribution is -0.120. The third kappa shape index (κ3) is 3.58. The molecule has 0 radical (unpaired) electrons. The second-order valence-corrected chi connectivity index (χ2v) is 9.01. The molecule has 3 rings (SSSR count). The molecule has 132 valence electrons.